The second-order valence-corrected chi connectivity index (χ2v) is 2.90. The summed E-state index contributed by atoms with van der Waals surface area (Å²) < 4.78 is 65.3. The highest BCUT2D eigenvalue weighted by Crippen LogP contribution is 1.99. The van der Waals surface area contributed by atoms with Crippen LogP contribution in [0.2, 0.25) is 0 Å². The third kappa shape index (κ3) is 9.60. The van der Waals surface area contributed by atoms with E-state index < -0.39 is 21.0 Å². The smallest absolute Gasteiger partial charge is 0.162 e. The van der Waals surface area contributed by atoms with Crippen molar-refractivity contribution in [2.45, 2.75) is 0 Å². The van der Waals surface area contributed by atoms with Gasteiger partial charge < -0.3 is 0 Å². The summed E-state index contributed by atoms with van der Waals surface area (Å²) in [6.07, 6.45) is 0. The average Bonchev–Trinajstić information content (AvgIpc) is 1.76. The molecule has 12 heteroatoms. The molecule has 0 saturated carbocycles. The van der Waals surface area contributed by atoms with Crippen molar-refractivity contribution < 1.29 is 43.4 Å². The number of rotatable bonds is 5. The molecule has 0 aromatic rings. The van der Waals surface area contributed by atoms with Crippen molar-refractivity contribution >= 4 is 21.0 Å². The fraction of sp³-hybridized carbons (Fsp3) is 0. The molecule has 0 bridgehead atoms. The van der Waals surface area contributed by atoms with Crippen LogP contribution in [0.15, 0.2) is 0 Å². The van der Waals surface area contributed by atoms with E-state index in [1.165, 1.54) is 0 Å². The normalized spacial score (nSPS) is 13.2. The standard InChI is InChI=1S/F2O8S2/c1-11(3,4)9-7-8-10-12(2,5)6. The monoisotopic (exact) mass is 230 g/mol. The predicted molar refractivity (Wildman–Crippen MR) is 24.4 cm³/mol. The van der Waals surface area contributed by atoms with Crippen LogP contribution in [-0.4, -0.2) is 16.8 Å². The zero-order valence-corrected chi connectivity index (χ0v) is 6.47. The highest BCUT2D eigenvalue weighted by molar-refractivity contribution is 7.81. The lowest BCUT2D eigenvalue weighted by molar-refractivity contribution is -0.576. The van der Waals surface area contributed by atoms with Crippen LogP contribution in [0.1, 0.15) is 0 Å². The van der Waals surface area contributed by atoms with E-state index in [0.29, 0.717) is 0 Å². The van der Waals surface area contributed by atoms with E-state index >= 15 is 0 Å². The van der Waals surface area contributed by atoms with E-state index in [2.05, 4.69) is 18.7 Å². The number of hydrogen-bond acceptors (Lipinski definition) is 8. The van der Waals surface area contributed by atoms with E-state index in [9.17, 15) is 24.6 Å². The molecule has 0 heterocycles. The maximum absolute atomic E-state index is 11.3. The topological polar surface area (TPSA) is 105 Å². The molecule has 0 aliphatic rings. The third-order valence-corrected chi connectivity index (χ3v) is 0.682. The van der Waals surface area contributed by atoms with Gasteiger partial charge in [0, 0.05) is 0 Å². The molecule has 0 spiro atoms. The van der Waals surface area contributed by atoms with Gasteiger partial charge in [-0.25, -0.2) is 0 Å². The van der Waals surface area contributed by atoms with Gasteiger partial charge in [-0.15, -0.1) is 0 Å². The van der Waals surface area contributed by atoms with Crippen molar-refractivity contribution in [3.63, 3.8) is 0 Å². The summed E-state index contributed by atoms with van der Waals surface area (Å²) in [6.45, 7) is 0. The Morgan fingerprint density at radius 3 is 1.17 bits per heavy atom. The molecule has 0 amide bonds. The molecule has 74 valence electrons. The Hall–Kier alpha value is -0.400. The molecule has 0 rings (SSSR count). The van der Waals surface area contributed by atoms with Crippen LogP contribution in [0.5, 0.6) is 0 Å². The Bertz CT molecular complexity index is 275. The molecular formula is F2O8S2. The molecule has 12 heavy (non-hydrogen) atoms. The van der Waals surface area contributed by atoms with Gasteiger partial charge in [-0.05, 0) is 18.7 Å². The van der Waals surface area contributed by atoms with Gasteiger partial charge in [0.05, 0.1) is 0 Å². The lowest BCUT2D eigenvalue weighted by Crippen LogP contribution is -2.04. The molecule has 0 aliphatic heterocycles. The van der Waals surface area contributed by atoms with Gasteiger partial charge in [0.15, 0.2) is 0 Å². The molecule has 0 saturated heterocycles. The molecule has 0 aromatic heterocycles. The summed E-state index contributed by atoms with van der Waals surface area (Å²) in [4.78, 5) is 0. The van der Waals surface area contributed by atoms with Gasteiger partial charge in [0.25, 0.3) is 0 Å². The van der Waals surface area contributed by atoms with Gasteiger partial charge >= 0.3 is 21.0 Å². The van der Waals surface area contributed by atoms with Crippen LogP contribution in [0.4, 0.5) is 7.77 Å². The second kappa shape index (κ2) is 4.01. The molecule has 0 aromatic carbocycles. The minimum Gasteiger partial charge on any atom is -0.162 e. The van der Waals surface area contributed by atoms with Crippen molar-refractivity contribution in [1.29, 1.82) is 0 Å². The Labute approximate surface area is 65.2 Å². The maximum Gasteiger partial charge on any atom is 0.466 e. The summed E-state index contributed by atoms with van der Waals surface area (Å²) in [7, 11) is -11.0. The average molecular weight is 230 g/mol. The van der Waals surface area contributed by atoms with Crippen LogP contribution in [0, 0.1) is 0 Å². The number of halogens is 2. The van der Waals surface area contributed by atoms with Crippen molar-refractivity contribution in [3.8, 4) is 0 Å². The van der Waals surface area contributed by atoms with Gasteiger partial charge in [0.1, 0.15) is 0 Å². The summed E-state index contributed by atoms with van der Waals surface area (Å²) in [5, 5.41) is 5.54. The first kappa shape index (κ1) is 11.6. The first-order valence-electron chi connectivity index (χ1n) is 1.81. The molecule has 0 atom stereocenters. The van der Waals surface area contributed by atoms with E-state index in [-0.39, 0.29) is 0 Å². The quantitative estimate of drug-likeness (QED) is 0.262. The van der Waals surface area contributed by atoms with Crippen LogP contribution in [-0.2, 0) is 39.8 Å². The molecule has 0 fully saturated rings. The Balaban J connectivity index is 3.62. The lowest BCUT2D eigenvalue weighted by atomic mass is 14.4. The highest BCUT2D eigenvalue weighted by Gasteiger charge is 2.13. The molecule has 8 nitrogen and oxygen atoms in total. The largest absolute Gasteiger partial charge is 0.466 e. The van der Waals surface area contributed by atoms with Crippen molar-refractivity contribution in [1.82, 2.24) is 0 Å². The maximum atomic E-state index is 11.3. The zero-order chi connectivity index (χ0) is 9.83. The second-order valence-electron chi connectivity index (χ2n) is 1.06. The summed E-state index contributed by atoms with van der Waals surface area (Å²) in [6, 6.07) is 0. The summed E-state index contributed by atoms with van der Waals surface area (Å²) in [5.74, 6) is 0. The molecule has 0 unspecified atom stereocenters. The first-order chi connectivity index (χ1) is 5.21. The lowest BCUT2D eigenvalue weighted by Gasteiger charge is -1.92. The fourth-order valence-electron chi connectivity index (χ4n) is 0.0890. The molecule has 0 N–H and O–H groups in total. The summed E-state index contributed by atoms with van der Waals surface area (Å²) >= 11 is 0. The minimum absolute atomic E-state index is 2.65. The van der Waals surface area contributed by atoms with Crippen LogP contribution >= 0.6 is 0 Å². The minimum atomic E-state index is -5.49. The van der Waals surface area contributed by atoms with Crippen molar-refractivity contribution in [3.05, 3.63) is 0 Å². The highest BCUT2D eigenvalue weighted by atomic mass is 32.3. The van der Waals surface area contributed by atoms with E-state index in [1.54, 1.807) is 0 Å². The van der Waals surface area contributed by atoms with Crippen LogP contribution < -0.4 is 0 Å². The molecule has 0 aliphatic carbocycles. The first-order valence-corrected chi connectivity index (χ1v) is 4.43. The van der Waals surface area contributed by atoms with E-state index in [0.717, 1.165) is 0 Å². The number of hydrogen-bond donors (Lipinski definition) is 0. The van der Waals surface area contributed by atoms with E-state index in [4.69, 9.17) is 0 Å². The van der Waals surface area contributed by atoms with Crippen LogP contribution in [0.3, 0.4) is 0 Å². The van der Waals surface area contributed by atoms with Gasteiger partial charge in [0.2, 0.25) is 0 Å². The third-order valence-electron chi connectivity index (χ3n) is 0.246. The fourth-order valence-corrected chi connectivity index (χ4v) is 0.267. The Morgan fingerprint density at radius 2 is 1.00 bits per heavy atom. The Morgan fingerprint density at radius 1 is 0.750 bits per heavy atom. The zero-order valence-electron chi connectivity index (χ0n) is 4.84. The van der Waals surface area contributed by atoms with Crippen LogP contribution in [0.25, 0.3) is 0 Å². The van der Waals surface area contributed by atoms with E-state index in [1.807, 2.05) is 0 Å². The van der Waals surface area contributed by atoms with Crippen molar-refractivity contribution in [2.75, 3.05) is 0 Å². The van der Waals surface area contributed by atoms with Crippen molar-refractivity contribution in [2.24, 2.45) is 0 Å². The molecular weight excluding hydrogens is 230 g/mol. The van der Waals surface area contributed by atoms with Gasteiger partial charge in [-0.1, -0.05) is 7.77 Å². The molecule has 0 radical (unpaired) electrons. The van der Waals surface area contributed by atoms with Gasteiger partial charge in [-0.3, -0.25) is 0 Å². The SMILES string of the molecule is O=S(=O)(F)OOOOS(=O)(=O)F. The Kier molecular flexibility index (Phi) is 3.88. The van der Waals surface area contributed by atoms with Gasteiger partial charge in [-0.2, -0.15) is 16.8 Å². The predicted octanol–water partition coefficient (Wildman–Crippen LogP) is -0.774. The summed E-state index contributed by atoms with van der Waals surface area (Å²) in [5.41, 5.74) is 0.